The number of hydrogen-bond donors (Lipinski definition) is 0. The van der Waals surface area contributed by atoms with Gasteiger partial charge in [-0.1, -0.05) is 0 Å². The van der Waals surface area contributed by atoms with Crippen LogP contribution in [0.5, 0.6) is 0 Å². The Hall–Kier alpha value is -1.36. The molecule has 0 saturated carbocycles. The third kappa shape index (κ3) is 1.82. The number of carbonyl (C=O) groups is 1. The molecule has 0 atom stereocenters. The van der Waals surface area contributed by atoms with Gasteiger partial charge in [-0.2, -0.15) is 0 Å². The summed E-state index contributed by atoms with van der Waals surface area (Å²) in [6, 6.07) is 3.76. The Bertz CT molecular complexity index is 548. The van der Waals surface area contributed by atoms with Crippen LogP contribution >= 0.6 is 15.9 Å². The first-order chi connectivity index (χ1) is 7.63. The molecule has 0 unspecified atom stereocenters. The van der Waals surface area contributed by atoms with Crippen molar-refractivity contribution in [2.45, 2.75) is 13.8 Å². The van der Waals surface area contributed by atoms with E-state index in [1.807, 2.05) is 23.5 Å². The summed E-state index contributed by atoms with van der Waals surface area (Å²) in [5.74, 6) is -0.387. The minimum absolute atomic E-state index is 0.336. The topological polar surface area (TPSA) is 43.6 Å². The second-order valence-corrected chi connectivity index (χ2v) is 4.20. The number of aromatic nitrogens is 2. The summed E-state index contributed by atoms with van der Waals surface area (Å²) in [6.07, 6.45) is 1.69. The first-order valence-electron chi connectivity index (χ1n) is 4.94. The highest BCUT2D eigenvalue weighted by Crippen LogP contribution is 2.18. The third-order valence-corrected chi connectivity index (χ3v) is 3.14. The molecular formula is C11H11BrN2O2. The van der Waals surface area contributed by atoms with E-state index in [2.05, 4.69) is 20.9 Å². The van der Waals surface area contributed by atoms with Crippen molar-refractivity contribution in [3.05, 3.63) is 34.2 Å². The number of halogens is 1. The van der Waals surface area contributed by atoms with Crippen LogP contribution in [0.15, 0.2) is 22.8 Å². The number of ether oxygens (including phenoxy) is 1. The van der Waals surface area contributed by atoms with Crippen molar-refractivity contribution in [2.75, 3.05) is 6.61 Å². The summed E-state index contributed by atoms with van der Waals surface area (Å²) in [6.45, 7) is 4.08. The van der Waals surface area contributed by atoms with E-state index >= 15 is 0 Å². The largest absolute Gasteiger partial charge is 0.461 e. The highest BCUT2D eigenvalue weighted by Gasteiger charge is 2.12. The fourth-order valence-corrected chi connectivity index (χ4v) is 1.79. The third-order valence-electron chi connectivity index (χ3n) is 2.30. The Kier molecular flexibility index (Phi) is 2.96. The second-order valence-electron chi connectivity index (χ2n) is 3.34. The molecule has 0 aliphatic rings. The predicted octanol–water partition coefficient (Wildman–Crippen LogP) is 2.58. The molecular weight excluding hydrogens is 272 g/mol. The van der Waals surface area contributed by atoms with Crippen LogP contribution in [0.4, 0.5) is 0 Å². The number of pyridine rings is 1. The summed E-state index contributed by atoms with van der Waals surface area (Å²) in [5, 5.41) is 0. The molecule has 0 fully saturated rings. The predicted molar refractivity (Wildman–Crippen MR) is 63.6 cm³/mol. The van der Waals surface area contributed by atoms with Crippen molar-refractivity contribution in [3.8, 4) is 0 Å². The van der Waals surface area contributed by atoms with Crippen molar-refractivity contribution in [1.29, 1.82) is 0 Å². The van der Waals surface area contributed by atoms with Crippen LogP contribution in [-0.2, 0) is 4.74 Å². The number of rotatable bonds is 2. The van der Waals surface area contributed by atoms with Crippen LogP contribution in [0.3, 0.4) is 0 Å². The van der Waals surface area contributed by atoms with E-state index in [1.165, 1.54) is 0 Å². The van der Waals surface area contributed by atoms with Crippen LogP contribution in [0.1, 0.15) is 23.1 Å². The lowest BCUT2D eigenvalue weighted by atomic mass is 10.4. The molecule has 0 N–H and O–H groups in total. The molecule has 0 saturated heterocycles. The number of nitrogens with zero attached hydrogens (tertiary/aromatic N) is 2. The molecule has 0 aromatic carbocycles. The summed E-state index contributed by atoms with van der Waals surface area (Å²) in [7, 11) is 0. The van der Waals surface area contributed by atoms with Gasteiger partial charge in [-0.05, 0) is 41.9 Å². The maximum Gasteiger partial charge on any atom is 0.358 e. The Morgan fingerprint density at radius 2 is 2.31 bits per heavy atom. The van der Waals surface area contributed by atoms with Crippen molar-refractivity contribution in [3.63, 3.8) is 0 Å². The summed E-state index contributed by atoms with van der Waals surface area (Å²) < 4.78 is 7.74. The zero-order valence-corrected chi connectivity index (χ0v) is 10.6. The average molecular weight is 283 g/mol. The maximum absolute atomic E-state index is 11.5. The van der Waals surface area contributed by atoms with Gasteiger partial charge in [0.25, 0.3) is 0 Å². The molecule has 0 amide bonds. The molecule has 0 bridgehead atoms. The van der Waals surface area contributed by atoms with Gasteiger partial charge in [0.2, 0.25) is 0 Å². The van der Waals surface area contributed by atoms with Crippen LogP contribution in [0.2, 0.25) is 0 Å². The molecule has 2 heterocycles. The van der Waals surface area contributed by atoms with Crippen molar-refractivity contribution in [1.82, 2.24) is 9.38 Å². The number of fused-ring (bicyclic) bond motifs is 1. The van der Waals surface area contributed by atoms with Gasteiger partial charge >= 0.3 is 5.97 Å². The highest BCUT2D eigenvalue weighted by molar-refractivity contribution is 9.10. The lowest BCUT2D eigenvalue weighted by Gasteiger charge is -2.00. The normalized spacial score (nSPS) is 10.7. The molecule has 0 aliphatic carbocycles. The monoisotopic (exact) mass is 282 g/mol. The molecule has 84 valence electrons. The van der Waals surface area contributed by atoms with Crippen LogP contribution in [0, 0.1) is 6.92 Å². The number of carbonyl (C=O) groups excluding carboxylic acids is 1. The van der Waals surface area contributed by atoms with Gasteiger partial charge in [0, 0.05) is 16.4 Å². The Labute approximate surface area is 101 Å². The van der Waals surface area contributed by atoms with E-state index in [4.69, 9.17) is 4.74 Å². The molecule has 2 rings (SSSR count). The fourth-order valence-electron chi connectivity index (χ4n) is 1.47. The maximum atomic E-state index is 11.5. The molecule has 16 heavy (non-hydrogen) atoms. The number of imidazole rings is 1. The molecule has 4 nitrogen and oxygen atoms in total. The van der Waals surface area contributed by atoms with E-state index in [0.717, 1.165) is 15.8 Å². The quantitative estimate of drug-likeness (QED) is 0.796. The smallest absolute Gasteiger partial charge is 0.358 e. The van der Waals surface area contributed by atoms with E-state index in [1.54, 1.807) is 13.1 Å². The van der Waals surface area contributed by atoms with Crippen molar-refractivity contribution < 1.29 is 9.53 Å². The molecule has 0 aliphatic heterocycles. The van der Waals surface area contributed by atoms with Crippen LogP contribution in [-0.4, -0.2) is 22.0 Å². The van der Waals surface area contributed by atoms with E-state index in [0.29, 0.717) is 12.3 Å². The van der Waals surface area contributed by atoms with Gasteiger partial charge in [-0.15, -0.1) is 0 Å². The molecule has 0 spiro atoms. The zero-order valence-electron chi connectivity index (χ0n) is 9.03. The van der Waals surface area contributed by atoms with Gasteiger partial charge in [0.05, 0.1) is 6.61 Å². The first-order valence-corrected chi connectivity index (χ1v) is 5.74. The lowest BCUT2D eigenvalue weighted by Crippen LogP contribution is -2.04. The zero-order chi connectivity index (χ0) is 11.7. The Morgan fingerprint density at radius 1 is 1.56 bits per heavy atom. The van der Waals surface area contributed by atoms with Crippen LogP contribution in [0.25, 0.3) is 5.65 Å². The fraction of sp³-hybridized carbons (Fsp3) is 0.273. The Morgan fingerprint density at radius 3 is 3.00 bits per heavy atom. The number of aryl methyl sites for hydroxylation is 1. The molecule has 2 aromatic heterocycles. The minimum Gasteiger partial charge on any atom is -0.461 e. The first kappa shape index (κ1) is 11.1. The van der Waals surface area contributed by atoms with Crippen LogP contribution < -0.4 is 0 Å². The van der Waals surface area contributed by atoms with Gasteiger partial charge in [-0.3, -0.25) is 0 Å². The number of hydrogen-bond acceptors (Lipinski definition) is 3. The van der Waals surface area contributed by atoms with E-state index in [9.17, 15) is 4.79 Å². The second kappa shape index (κ2) is 4.25. The minimum atomic E-state index is -0.387. The summed E-state index contributed by atoms with van der Waals surface area (Å²) in [5.41, 5.74) is 2.08. The molecule has 2 aromatic rings. The van der Waals surface area contributed by atoms with Gasteiger partial charge in [-0.25, -0.2) is 9.78 Å². The molecule has 0 radical (unpaired) electrons. The van der Waals surface area contributed by atoms with Gasteiger partial charge < -0.3 is 9.14 Å². The van der Waals surface area contributed by atoms with E-state index in [-0.39, 0.29) is 5.97 Å². The standard InChI is InChI=1S/C11H11BrN2O2/c1-3-16-11(15)9-6-14-7(2)8(12)4-5-10(14)13-9/h4-6H,3H2,1-2H3. The van der Waals surface area contributed by atoms with Gasteiger partial charge in [0.1, 0.15) is 5.65 Å². The Balaban J connectivity index is 2.52. The average Bonchev–Trinajstić information content (AvgIpc) is 2.69. The SMILES string of the molecule is CCOC(=O)c1cn2c(C)c(Br)ccc2n1. The van der Waals surface area contributed by atoms with Crippen molar-refractivity contribution >= 4 is 27.5 Å². The van der Waals surface area contributed by atoms with Crippen molar-refractivity contribution in [2.24, 2.45) is 0 Å². The van der Waals surface area contributed by atoms with E-state index < -0.39 is 0 Å². The summed E-state index contributed by atoms with van der Waals surface area (Å²) >= 11 is 3.43. The molecule has 5 heteroatoms. The number of esters is 1. The lowest BCUT2D eigenvalue weighted by molar-refractivity contribution is 0.0520. The summed E-state index contributed by atoms with van der Waals surface area (Å²) in [4.78, 5) is 15.7. The highest BCUT2D eigenvalue weighted by atomic mass is 79.9. The van der Waals surface area contributed by atoms with Gasteiger partial charge in [0.15, 0.2) is 5.69 Å².